The lowest BCUT2D eigenvalue weighted by atomic mass is 10.2. The van der Waals surface area contributed by atoms with Gasteiger partial charge in [-0.3, -0.25) is 10.1 Å². The summed E-state index contributed by atoms with van der Waals surface area (Å²) < 4.78 is 76.1. The summed E-state index contributed by atoms with van der Waals surface area (Å²) in [4.78, 5) is 16.1. The van der Waals surface area contributed by atoms with E-state index in [9.17, 15) is 36.5 Å². The number of nitro benzene ring substituents is 1. The van der Waals surface area contributed by atoms with Crippen LogP contribution in [0.4, 0.5) is 32.0 Å². The van der Waals surface area contributed by atoms with Crippen molar-refractivity contribution in [2.24, 2.45) is 0 Å². The summed E-state index contributed by atoms with van der Waals surface area (Å²) in [5, 5.41) is 9.83. The third-order valence-electron chi connectivity index (χ3n) is 2.80. The topological polar surface area (TPSA) is 68.9 Å². The zero-order valence-electron chi connectivity index (χ0n) is 11.9. The number of thioether (sulfide) groups is 1. The fourth-order valence-electron chi connectivity index (χ4n) is 1.64. The number of alkyl halides is 6. The van der Waals surface area contributed by atoms with E-state index in [2.05, 4.69) is 9.97 Å². The van der Waals surface area contributed by atoms with Crippen molar-refractivity contribution in [1.29, 1.82) is 0 Å². The average Bonchev–Trinajstić information content (AvgIpc) is 2.51. The van der Waals surface area contributed by atoms with E-state index in [0.717, 1.165) is 0 Å². The van der Waals surface area contributed by atoms with Gasteiger partial charge in [-0.1, -0.05) is 23.9 Å². The maximum absolute atomic E-state index is 12.7. The predicted octanol–water partition coefficient (Wildman–Crippen LogP) is 4.71. The molecule has 0 amide bonds. The normalized spacial score (nSPS) is 12.2. The highest BCUT2D eigenvalue weighted by Gasteiger charge is 2.39. The molecular formula is C13H7F6N3O2S. The molecule has 0 saturated carbocycles. The van der Waals surface area contributed by atoms with Crippen molar-refractivity contribution in [2.75, 3.05) is 0 Å². The minimum atomic E-state index is -5.05. The Morgan fingerprint density at radius 2 is 1.44 bits per heavy atom. The number of hydrogen-bond acceptors (Lipinski definition) is 5. The second kappa shape index (κ2) is 6.86. The summed E-state index contributed by atoms with van der Waals surface area (Å²) in [6.45, 7) is 0. The van der Waals surface area contributed by atoms with Gasteiger partial charge in [0.1, 0.15) is 11.4 Å². The number of non-ortho nitro benzene ring substituents is 1. The highest BCUT2D eigenvalue weighted by Crippen LogP contribution is 2.35. The van der Waals surface area contributed by atoms with Gasteiger partial charge in [-0.15, -0.1) is 0 Å². The summed E-state index contributed by atoms with van der Waals surface area (Å²) >= 11 is 0.556. The maximum atomic E-state index is 12.7. The molecule has 0 saturated heterocycles. The zero-order chi connectivity index (χ0) is 18.8. The quantitative estimate of drug-likeness (QED) is 0.251. The molecule has 25 heavy (non-hydrogen) atoms. The zero-order valence-corrected chi connectivity index (χ0v) is 12.7. The van der Waals surface area contributed by atoms with Crippen molar-refractivity contribution in [3.8, 4) is 0 Å². The molecule has 0 aliphatic rings. The van der Waals surface area contributed by atoms with Crippen LogP contribution in [0.3, 0.4) is 0 Å². The molecule has 0 atom stereocenters. The molecule has 0 spiro atoms. The molecule has 1 heterocycles. The van der Waals surface area contributed by atoms with Crippen LogP contribution in [0.25, 0.3) is 0 Å². The van der Waals surface area contributed by atoms with E-state index in [4.69, 9.17) is 0 Å². The van der Waals surface area contributed by atoms with Crippen LogP contribution in [0, 0.1) is 10.1 Å². The van der Waals surface area contributed by atoms with Crippen LogP contribution in [-0.4, -0.2) is 14.9 Å². The molecule has 134 valence electrons. The van der Waals surface area contributed by atoms with Gasteiger partial charge in [-0.25, -0.2) is 9.97 Å². The van der Waals surface area contributed by atoms with E-state index in [1.54, 1.807) is 0 Å². The number of hydrogen-bond donors (Lipinski definition) is 0. The van der Waals surface area contributed by atoms with E-state index in [1.165, 1.54) is 24.3 Å². The molecule has 0 fully saturated rings. The van der Waals surface area contributed by atoms with Crippen molar-refractivity contribution in [3.63, 3.8) is 0 Å². The van der Waals surface area contributed by atoms with Crippen molar-refractivity contribution < 1.29 is 31.3 Å². The third-order valence-corrected chi connectivity index (χ3v) is 3.72. The number of aromatic nitrogens is 2. The molecule has 0 unspecified atom stereocenters. The Labute approximate surface area is 140 Å². The van der Waals surface area contributed by atoms with Gasteiger partial charge < -0.3 is 0 Å². The SMILES string of the molecule is O=[N+]([O-])c1ccc(CSc2nc(C(F)(F)F)cc(C(F)(F)F)n2)cc1. The lowest BCUT2D eigenvalue weighted by Crippen LogP contribution is -2.15. The fraction of sp³-hybridized carbons (Fsp3) is 0.231. The number of nitro groups is 1. The smallest absolute Gasteiger partial charge is 0.258 e. The Morgan fingerprint density at radius 1 is 0.960 bits per heavy atom. The molecule has 1 aromatic heterocycles. The minimum Gasteiger partial charge on any atom is -0.258 e. The van der Waals surface area contributed by atoms with E-state index in [0.29, 0.717) is 17.3 Å². The van der Waals surface area contributed by atoms with E-state index in [1.807, 2.05) is 0 Å². The van der Waals surface area contributed by atoms with Crippen molar-refractivity contribution in [2.45, 2.75) is 23.3 Å². The molecule has 2 aromatic rings. The Hall–Kier alpha value is -2.37. The molecule has 5 nitrogen and oxygen atoms in total. The second-order valence-electron chi connectivity index (χ2n) is 4.63. The summed E-state index contributed by atoms with van der Waals surface area (Å²) in [6, 6.07) is 4.86. The van der Waals surface area contributed by atoms with Gasteiger partial charge in [0, 0.05) is 17.9 Å². The first-order valence-corrected chi connectivity index (χ1v) is 7.35. The molecule has 0 N–H and O–H groups in total. The Kier molecular flexibility index (Phi) is 5.20. The Bertz CT molecular complexity index is 745. The van der Waals surface area contributed by atoms with E-state index < -0.39 is 33.8 Å². The first kappa shape index (κ1) is 19.0. The van der Waals surface area contributed by atoms with Gasteiger partial charge >= 0.3 is 12.4 Å². The largest absolute Gasteiger partial charge is 0.433 e. The van der Waals surface area contributed by atoms with Gasteiger partial charge in [0.2, 0.25) is 0 Å². The number of nitrogens with zero attached hydrogens (tertiary/aromatic N) is 3. The van der Waals surface area contributed by atoms with Gasteiger partial charge in [-0.05, 0) is 11.6 Å². The number of rotatable bonds is 4. The third kappa shape index (κ3) is 5.05. The van der Waals surface area contributed by atoms with Crippen molar-refractivity contribution >= 4 is 17.4 Å². The van der Waals surface area contributed by atoms with Crippen LogP contribution in [0.1, 0.15) is 17.0 Å². The molecule has 0 aliphatic heterocycles. The van der Waals surface area contributed by atoms with Crippen LogP contribution in [0.5, 0.6) is 0 Å². The molecular weight excluding hydrogens is 376 g/mol. The Balaban J connectivity index is 2.24. The predicted molar refractivity (Wildman–Crippen MR) is 74.7 cm³/mol. The molecule has 0 radical (unpaired) electrons. The highest BCUT2D eigenvalue weighted by molar-refractivity contribution is 7.98. The lowest BCUT2D eigenvalue weighted by Gasteiger charge is -2.12. The monoisotopic (exact) mass is 383 g/mol. The van der Waals surface area contributed by atoms with Crippen LogP contribution in [0.2, 0.25) is 0 Å². The minimum absolute atomic E-state index is 0.0589. The summed E-state index contributed by atoms with van der Waals surface area (Å²) in [7, 11) is 0. The maximum Gasteiger partial charge on any atom is 0.433 e. The molecule has 12 heteroatoms. The Morgan fingerprint density at radius 3 is 1.84 bits per heavy atom. The summed E-state index contributed by atoms with van der Waals surface area (Å²) in [6.07, 6.45) is -10.1. The molecule has 2 rings (SSSR count). The van der Waals surface area contributed by atoms with Gasteiger partial charge in [0.25, 0.3) is 5.69 Å². The van der Waals surface area contributed by atoms with Crippen LogP contribution in [0.15, 0.2) is 35.5 Å². The lowest BCUT2D eigenvalue weighted by molar-refractivity contribution is -0.384. The van der Waals surface area contributed by atoms with Gasteiger partial charge in [-0.2, -0.15) is 26.3 Å². The number of halogens is 6. The first-order chi connectivity index (χ1) is 11.5. The average molecular weight is 383 g/mol. The fourth-order valence-corrected chi connectivity index (χ4v) is 2.46. The summed E-state index contributed by atoms with van der Waals surface area (Å²) in [5.74, 6) is -0.0589. The summed E-state index contributed by atoms with van der Waals surface area (Å²) in [5.41, 5.74) is -3.13. The highest BCUT2D eigenvalue weighted by atomic mass is 32.2. The van der Waals surface area contributed by atoms with E-state index >= 15 is 0 Å². The van der Waals surface area contributed by atoms with E-state index in [-0.39, 0.29) is 17.5 Å². The standard InChI is InChI=1S/C13H7F6N3O2S/c14-12(15,16)9-5-10(13(17,18)19)21-11(20-9)25-6-7-1-3-8(4-2-7)22(23)24/h1-5H,6H2. The van der Waals surface area contributed by atoms with Gasteiger partial charge in [0.15, 0.2) is 5.16 Å². The van der Waals surface area contributed by atoms with Crippen LogP contribution in [-0.2, 0) is 18.1 Å². The molecule has 1 aromatic carbocycles. The van der Waals surface area contributed by atoms with Crippen LogP contribution >= 0.6 is 11.8 Å². The molecule has 0 aliphatic carbocycles. The second-order valence-corrected chi connectivity index (χ2v) is 5.57. The molecule has 0 bridgehead atoms. The first-order valence-electron chi connectivity index (χ1n) is 6.36. The van der Waals surface area contributed by atoms with Gasteiger partial charge in [0.05, 0.1) is 4.92 Å². The van der Waals surface area contributed by atoms with Crippen molar-refractivity contribution in [3.05, 3.63) is 57.4 Å². The van der Waals surface area contributed by atoms with Crippen molar-refractivity contribution in [1.82, 2.24) is 9.97 Å². The van der Waals surface area contributed by atoms with Crippen LogP contribution < -0.4 is 0 Å². The number of benzene rings is 1.